The van der Waals surface area contributed by atoms with Crippen molar-refractivity contribution in [3.05, 3.63) is 48.5 Å². The first-order chi connectivity index (χ1) is 7.68. The van der Waals surface area contributed by atoms with E-state index in [-0.39, 0.29) is 5.75 Å². The number of hydrogen-bond donors (Lipinski definition) is 2. The zero-order chi connectivity index (χ0) is 11.5. The molecule has 16 heavy (non-hydrogen) atoms. The minimum absolute atomic E-state index is 0.176. The molecule has 0 spiro atoms. The molecule has 0 fully saturated rings. The Morgan fingerprint density at radius 2 is 1.56 bits per heavy atom. The first-order valence-corrected chi connectivity index (χ1v) is 5.94. The molecule has 2 N–H and O–H groups in total. The molecule has 0 bridgehead atoms. The highest BCUT2D eigenvalue weighted by molar-refractivity contribution is 7.47. The molecule has 0 aliphatic rings. The van der Waals surface area contributed by atoms with E-state index in [0.717, 1.165) is 5.56 Å². The minimum Gasteiger partial charge on any atom is -0.508 e. The van der Waals surface area contributed by atoms with Crippen molar-refractivity contribution in [2.24, 2.45) is 0 Å². The highest BCUT2D eigenvalue weighted by Gasteiger charge is 2.21. The fourth-order valence-electron chi connectivity index (χ4n) is 1.53. The van der Waals surface area contributed by atoms with Crippen LogP contribution in [0.3, 0.4) is 0 Å². The number of hydrogen-bond acceptors (Lipinski definition) is 2. The van der Waals surface area contributed by atoms with E-state index >= 15 is 0 Å². The summed E-state index contributed by atoms with van der Waals surface area (Å²) in [5, 5.41) is 9.58. The van der Waals surface area contributed by atoms with Gasteiger partial charge in [-0.3, -0.25) is 0 Å². The van der Waals surface area contributed by atoms with Gasteiger partial charge in [0.2, 0.25) is 5.30 Å². The van der Waals surface area contributed by atoms with Gasteiger partial charge < -0.3 is 5.11 Å². The second-order valence-corrected chi connectivity index (χ2v) is 4.36. The molecular weight excluding hydrogens is 223 g/mol. The normalized spacial score (nSPS) is 11.2. The maximum atomic E-state index is 11.2. The summed E-state index contributed by atoms with van der Waals surface area (Å²) in [7, 11) is -2.36. The van der Waals surface area contributed by atoms with Crippen molar-refractivity contribution < 1.29 is 14.6 Å². The van der Waals surface area contributed by atoms with Crippen LogP contribution in [0.2, 0.25) is 0 Å². The first kappa shape index (κ1) is 10.8. The zero-order valence-corrected chi connectivity index (χ0v) is 9.26. The lowest BCUT2D eigenvalue weighted by Crippen LogP contribution is -2.00. The van der Waals surface area contributed by atoms with E-state index in [1.165, 1.54) is 0 Å². The first-order valence-electron chi connectivity index (χ1n) is 4.73. The summed E-state index contributed by atoms with van der Waals surface area (Å²) in [5.74, 6) is 0.176. The lowest BCUT2D eigenvalue weighted by atomic mass is 10.1. The molecule has 1 atom stereocenters. The van der Waals surface area contributed by atoms with Crippen molar-refractivity contribution in [1.82, 2.24) is 0 Å². The Balaban J connectivity index is 2.55. The second-order valence-electron chi connectivity index (χ2n) is 3.34. The van der Waals surface area contributed by atoms with E-state index in [1.807, 2.05) is 6.07 Å². The van der Waals surface area contributed by atoms with E-state index in [9.17, 15) is 14.6 Å². The molecular formula is C12H10O3P+. The molecule has 0 saturated carbocycles. The number of phenols is 1. The fraction of sp³-hybridized carbons (Fsp3) is 0. The molecule has 4 heteroatoms. The summed E-state index contributed by atoms with van der Waals surface area (Å²) in [5.41, 5.74) is 1.52. The van der Waals surface area contributed by atoms with Crippen molar-refractivity contribution in [1.29, 1.82) is 0 Å². The van der Waals surface area contributed by atoms with Gasteiger partial charge >= 0.3 is 8.03 Å². The third-order valence-electron chi connectivity index (χ3n) is 2.29. The molecule has 2 aromatic carbocycles. The molecule has 0 amide bonds. The number of phenolic OH excluding ortho intramolecular Hbond substituents is 1. The van der Waals surface area contributed by atoms with Crippen LogP contribution in [0, 0.1) is 0 Å². The van der Waals surface area contributed by atoms with Gasteiger partial charge in [-0.2, -0.15) is 4.89 Å². The van der Waals surface area contributed by atoms with Crippen LogP contribution >= 0.6 is 8.03 Å². The second kappa shape index (κ2) is 4.44. The maximum Gasteiger partial charge on any atom is 0.546 e. The Morgan fingerprint density at radius 3 is 2.19 bits per heavy atom. The standard InChI is InChI=1S/C12H9O3P/c13-10-7-5-9(6-8-10)11-3-1-2-4-12(11)16(14)15/h1-8H,(H-,13,14,15)/p+1. The summed E-state index contributed by atoms with van der Waals surface area (Å²) >= 11 is 0. The summed E-state index contributed by atoms with van der Waals surface area (Å²) in [6.45, 7) is 0. The predicted octanol–water partition coefficient (Wildman–Crippen LogP) is 2.42. The Bertz CT molecular complexity index is 520. The smallest absolute Gasteiger partial charge is 0.508 e. The van der Waals surface area contributed by atoms with E-state index in [0.29, 0.717) is 10.9 Å². The molecule has 3 nitrogen and oxygen atoms in total. The van der Waals surface area contributed by atoms with Crippen LogP contribution in [0.1, 0.15) is 0 Å². The van der Waals surface area contributed by atoms with Crippen molar-refractivity contribution in [3.8, 4) is 16.9 Å². The molecule has 0 heterocycles. The van der Waals surface area contributed by atoms with Crippen molar-refractivity contribution >= 4 is 13.3 Å². The highest BCUT2D eigenvalue weighted by Crippen LogP contribution is 2.26. The molecule has 0 aromatic heterocycles. The Kier molecular flexibility index (Phi) is 3.00. The topological polar surface area (TPSA) is 57.5 Å². The van der Waals surface area contributed by atoms with Crippen LogP contribution in [0.5, 0.6) is 5.75 Å². The summed E-state index contributed by atoms with van der Waals surface area (Å²) in [6.07, 6.45) is 0. The van der Waals surface area contributed by atoms with Crippen LogP contribution in [-0.2, 0) is 4.57 Å². The average Bonchev–Trinajstić information content (AvgIpc) is 2.30. The monoisotopic (exact) mass is 233 g/mol. The summed E-state index contributed by atoms with van der Waals surface area (Å²) in [4.78, 5) is 9.18. The molecule has 0 aliphatic carbocycles. The average molecular weight is 233 g/mol. The Labute approximate surface area is 93.9 Å². The Morgan fingerprint density at radius 1 is 0.938 bits per heavy atom. The van der Waals surface area contributed by atoms with Gasteiger partial charge in [-0.25, -0.2) is 0 Å². The van der Waals surface area contributed by atoms with Crippen LogP contribution in [0.15, 0.2) is 48.5 Å². The molecule has 2 rings (SSSR count). The van der Waals surface area contributed by atoms with Gasteiger partial charge in [0.1, 0.15) is 5.75 Å². The molecule has 1 unspecified atom stereocenters. The van der Waals surface area contributed by atoms with Crippen molar-refractivity contribution in [2.75, 3.05) is 0 Å². The maximum absolute atomic E-state index is 11.2. The van der Waals surface area contributed by atoms with Gasteiger partial charge in [-0.1, -0.05) is 24.3 Å². The van der Waals surface area contributed by atoms with Gasteiger partial charge in [0.25, 0.3) is 0 Å². The quantitative estimate of drug-likeness (QED) is 0.783. The van der Waals surface area contributed by atoms with Crippen molar-refractivity contribution in [2.45, 2.75) is 0 Å². The SMILES string of the molecule is O=[P+](O)c1ccccc1-c1ccc(O)cc1. The van der Waals surface area contributed by atoms with Crippen LogP contribution < -0.4 is 5.30 Å². The summed E-state index contributed by atoms with van der Waals surface area (Å²) < 4.78 is 11.2. The number of aromatic hydroxyl groups is 1. The Hall–Kier alpha value is -1.70. The molecule has 2 aromatic rings. The van der Waals surface area contributed by atoms with Gasteiger partial charge in [0.05, 0.1) is 0 Å². The van der Waals surface area contributed by atoms with E-state index in [2.05, 4.69) is 0 Å². The molecule has 0 radical (unpaired) electrons. The minimum atomic E-state index is -2.36. The number of rotatable bonds is 2. The predicted molar refractivity (Wildman–Crippen MR) is 63.0 cm³/mol. The van der Waals surface area contributed by atoms with E-state index in [4.69, 9.17) is 0 Å². The van der Waals surface area contributed by atoms with Crippen LogP contribution in [-0.4, -0.2) is 10.00 Å². The van der Waals surface area contributed by atoms with E-state index < -0.39 is 8.03 Å². The molecule has 80 valence electrons. The van der Waals surface area contributed by atoms with Gasteiger partial charge in [0.15, 0.2) is 0 Å². The van der Waals surface area contributed by atoms with Gasteiger partial charge in [-0.05, 0) is 34.4 Å². The fourth-order valence-corrected chi connectivity index (χ4v) is 2.15. The van der Waals surface area contributed by atoms with Crippen LogP contribution in [0.4, 0.5) is 0 Å². The lowest BCUT2D eigenvalue weighted by molar-refractivity contribution is 0.475. The third kappa shape index (κ3) is 2.11. The molecule has 0 saturated heterocycles. The highest BCUT2D eigenvalue weighted by atomic mass is 31.1. The van der Waals surface area contributed by atoms with E-state index in [1.54, 1.807) is 42.5 Å². The van der Waals surface area contributed by atoms with Gasteiger partial charge in [0, 0.05) is 5.56 Å². The number of benzene rings is 2. The largest absolute Gasteiger partial charge is 0.546 e. The summed E-state index contributed by atoms with van der Waals surface area (Å²) in [6, 6.07) is 13.5. The molecule has 0 aliphatic heterocycles. The third-order valence-corrected chi connectivity index (χ3v) is 3.09. The van der Waals surface area contributed by atoms with Gasteiger partial charge in [-0.15, -0.1) is 0 Å². The lowest BCUT2D eigenvalue weighted by Gasteiger charge is -2.01. The van der Waals surface area contributed by atoms with Crippen LogP contribution in [0.25, 0.3) is 11.1 Å². The van der Waals surface area contributed by atoms with Crippen molar-refractivity contribution in [3.63, 3.8) is 0 Å². The zero-order valence-electron chi connectivity index (χ0n) is 8.37.